The maximum absolute atomic E-state index is 13.0. The summed E-state index contributed by atoms with van der Waals surface area (Å²) in [6, 6.07) is 5.06. The summed E-state index contributed by atoms with van der Waals surface area (Å²) in [4.78, 5) is 0.204. The second-order valence-corrected chi connectivity index (χ2v) is 7.46. The number of halogens is 1. The number of hydrogen-bond donors (Lipinski definition) is 1. The van der Waals surface area contributed by atoms with Crippen molar-refractivity contribution in [2.75, 3.05) is 6.54 Å². The third-order valence-corrected chi connectivity index (χ3v) is 6.04. The van der Waals surface area contributed by atoms with E-state index in [1.54, 1.807) is 0 Å². The Kier molecular flexibility index (Phi) is 7.32. The minimum absolute atomic E-state index is 0.0602. The van der Waals surface area contributed by atoms with E-state index in [0.29, 0.717) is 6.42 Å². The molecule has 0 amide bonds. The van der Waals surface area contributed by atoms with Crippen LogP contribution in [0.2, 0.25) is 0 Å². The van der Waals surface area contributed by atoms with Gasteiger partial charge in [0, 0.05) is 6.04 Å². The third-order valence-electron chi connectivity index (χ3n) is 3.65. The molecule has 0 saturated heterocycles. The standard InChI is InChI=1S/C16H26FNO2S/c1-4-7-15(18-12-5-2)16(6-3)21(19,20)14-10-8-13(17)9-11-14/h8-11,15-16,18H,4-7,12H2,1-3H3. The number of benzene rings is 1. The largest absolute Gasteiger partial charge is 0.313 e. The fraction of sp³-hybridized carbons (Fsp3) is 0.625. The second-order valence-electron chi connectivity index (χ2n) is 5.29. The van der Waals surface area contributed by atoms with Gasteiger partial charge in [-0.25, -0.2) is 12.8 Å². The van der Waals surface area contributed by atoms with E-state index in [1.807, 2.05) is 6.92 Å². The molecular weight excluding hydrogens is 289 g/mol. The summed E-state index contributed by atoms with van der Waals surface area (Å²) in [5.41, 5.74) is 0. The fourth-order valence-corrected chi connectivity index (χ4v) is 4.55. The molecule has 0 saturated carbocycles. The summed E-state index contributed by atoms with van der Waals surface area (Å²) in [5, 5.41) is 2.88. The molecule has 2 atom stereocenters. The Balaban J connectivity index is 3.06. The Bertz CT molecular complexity index is 514. The van der Waals surface area contributed by atoms with Gasteiger partial charge in [0.15, 0.2) is 9.84 Å². The lowest BCUT2D eigenvalue weighted by Gasteiger charge is -2.27. The average molecular weight is 315 g/mol. The van der Waals surface area contributed by atoms with Crippen molar-refractivity contribution in [1.29, 1.82) is 0 Å². The highest BCUT2D eigenvalue weighted by molar-refractivity contribution is 7.92. The summed E-state index contributed by atoms with van der Waals surface area (Å²) >= 11 is 0. The lowest BCUT2D eigenvalue weighted by atomic mass is 10.1. The lowest BCUT2D eigenvalue weighted by Crippen LogP contribution is -2.44. The first kappa shape index (κ1) is 18.1. The molecule has 120 valence electrons. The predicted molar refractivity (Wildman–Crippen MR) is 84.7 cm³/mol. The van der Waals surface area contributed by atoms with Crippen molar-refractivity contribution in [3.05, 3.63) is 30.1 Å². The number of hydrogen-bond acceptors (Lipinski definition) is 3. The van der Waals surface area contributed by atoms with Crippen molar-refractivity contribution in [3.8, 4) is 0 Å². The third kappa shape index (κ3) is 4.78. The zero-order valence-corrected chi connectivity index (χ0v) is 13.9. The topological polar surface area (TPSA) is 46.2 Å². The molecule has 0 radical (unpaired) electrons. The smallest absolute Gasteiger partial charge is 0.182 e. The molecule has 1 aromatic rings. The summed E-state index contributed by atoms with van der Waals surface area (Å²) in [6.45, 7) is 6.81. The van der Waals surface area contributed by atoms with E-state index < -0.39 is 20.9 Å². The van der Waals surface area contributed by atoms with Gasteiger partial charge in [-0.05, 0) is 50.1 Å². The molecule has 5 heteroatoms. The first-order chi connectivity index (χ1) is 9.97. The minimum Gasteiger partial charge on any atom is -0.313 e. The molecule has 0 aliphatic carbocycles. The fourth-order valence-electron chi connectivity index (χ4n) is 2.58. The maximum Gasteiger partial charge on any atom is 0.182 e. The molecule has 1 aromatic carbocycles. The number of rotatable bonds is 9. The molecule has 0 fully saturated rings. The van der Waals surface area contributed by atoms with Crippen LogP contribution in [0.25, 0.3) is 0 Å². The Morgan fingerprint density at radius 1 is 1.10 bits per heavy atom. The SMILES string of the molecule is CCCNC(CCC)C(CC)S(=O)(=O)c1ccc(F)cc1. The van der Waals surface area contributed by atoms with Crippen molar-refractivity contribution in [2.24, 2.45) is 0 Å². The van der Waals surface area contributed by atoms with Gasteiger partial charge in [-0.3, -0.25) is 0 Å². The van der Waals surface area contributed by atoms with Gasteiger partial charge in [-0.1, -0.05) is 27.2 Å². The van der Waals surface area contributed by atoms with Gasteiger partial charge in [0.2, 0.25) is 0 Å². The summed E-state index contributed by atoms with van der Waals surface area (Å²) in [6.07, 6.45) is 3.25. The molecule has 21 heavy (non-hydrogen) atoms. The Morgan fingerprint density at radius 3 is 2.19 bits per heavy atom. The van der Waals surface area contributed by atoms with Crippen LogP contribution in [0.1, 0.15) is 46.5 Å². The molecule has 0 heterocycles. The van der Waals surface area contributed by atoms with Crippen molar-refractivity contribution >= 4 is 9.84 Å². The highest BCUT2D eigenvalue weighted by Gasteiger charge is 2.32. The van der Waals surface area contributed by atoms with E-state index in [1.165, 1.54) is 24.3 Å². The first-order valence-electron chi connectivity index (χ1n) is 7.70. The number of sulfone groups is 1. The summed E-state index contributed by atoms with van der Waals surface area (Å²) in [7, 11) is -3.45. The van der Waals surface area contributed by atoms with E-state index >= 15 is 0 Å². The zero-order valence-electron chi connectivity index (χ0n) is 13.1. The quantitative estimate of drug-likeness (QED) is 0.709. The van der Waals surface area contributed by atoms with Crippen LogP contribution < -0.4 is 5.32 Å². The van der Waals surface area contributed by atoms with Gasteiger partial charge in [-0.2, -0.15) is 0 Å². The Labute approximate surface area is 127 Å². The highest BCUT2D eigenvalue weighted by atomic mass is 32.2. The Hall–Kier alpha value is -0.940. The Morgan fingerprint density at radius 2 is 1.71 bits per heavy atom. The maximum atomic E-state index is 13.0. The van der Waals surface area contributed by atoms with E-state index in [9.17, 15) is 12.8 Å². The first-order valence-corrected chi connectivity index (χ1v) is 9.24. The molecule has 1 rings (SSSR count). The van der Waals surface area contributed by atoms with Gasteiger partial charge in [0.05, 0.1) is 10.1 Å². The van der Waals surface area contributed by atoms with Crippen LogP contribution >= 0.6 is 0 Å². The van der Waals surface area contributed by atoms with E-state index in [2.05, 4.69) is 19.2 Å². The van der Waals surface area contributed by atoms with Gasteiger partial charge in [-0.15, -0.1) is 0 Å². The van der Waals surface area contributed by atoms with Crippen LogP contribution in [0.15, 0.2) is 29.2 Å². The minimum atomic E-state index is -3.45. The molecule has 0 bridgehead atoms. The monoisotopic (exact) mass is 315 g/mol. The molecule has 0 aliphatic heterocycles. The van der Waals surface area contributed by atoms with E-state index in [4.69, 9.17) is 0 Å². The van der Waals surface area contributed by atoms with Crippen LogP contribution in [0.4, 0.5) is 4.39 Å². The molecular formula is C16H26FNO2S. The highest BCUT2D eigenvalue weighted by Crippen LogP contribution is 2.23. The van der Waals surface area contributed by atoms with Crippen molar-refractivity contribution in [3.63, 3.8) is 0 Å². The van der Waals surface area contributed by atoms with E-state index in [-0.39, 0.29) is 10.9 Å². The van der Waals surface area contributed by atoms with Crippen molar-refractivity contribution in [1.82, 2.24) is 5.32 Å². The van der Waals surface area contributed by atoms with Crippen LogP contribution in [-0.4, -0.2) is 26.3 Å². The van der Waals surface area contributed by atoms with Gasteiger partial charge < -0.3 is 5.32 Å². The van der Waals surface area contributed by atoms with Crippen LogP contribution in [-0.2, 0) is 9.84 Å². The van der Waals surface area contributed by atoms with Gasteiger partial charge in [0.1, 0.15) is 5.82 Å². The second kappa shape index (κ2) is 8.49. The zero-order chi connectivity index (χ0) is 15.9. The van der Waals surface area contributed by atoms with Crippen LogP contribution in [0.5, 0.6) is 0 Å². The molecule has 1 N–H and O–H groups in total. The molecule has 0 aliphatic rings. The van der Waals surface area contributed by atoms with Crippen molar-refractivity contribution < 1.29 is 12.8 Å². The average Bonchev–Trinajstić information content (AvgIpc) is 2.45. The lowest BCUT2D eigenvalue weighted by molar-refractivity contribution is 0.436. The van der Waals surface area contributed by atoms with Gasteiger partial charge in [0.25, 0.3) is 0 Å². The normalized spacial score (nSPS) is 14.9. The van der Waals surface area contributed by atoms with Crippen LogP contribution in [0, 0.1) is 5.82 Å². The van der Waals surface area contributed by atoms with Gasteiger partial charge >= 0.3 is 0 Å². The van der Waals surface area contributed by atoms with Crippen molar-refractivity contribution in [2.45, 2.75) is 62.6 Å². The molecule has 0 aromatic heterocycles. The molecule has 0 spiro atoms. The van der Waals surface area contributed by atoms with Crippen LogP contribution in [0.3, 0.4) is 0 Å². The summed E-state index contributed by atoms with van der Waals surface area (Å²) < 4.78 is 38.6. The summed E-state index contributed by atoms with van der Waals surface area (Å²) in [5.74, 6) is -0.420. The predicted octanol–water partition coefficient (Wildman–Crippen LogP) is 3.55. The molecule has 2 unspecified atom stereocenters. The number of nitrogens with one attached hydrogen (secondary N) is 1. The molecule has 3 nitrogen and oxygen atoms in total. The van der Waals surface area contributed by atoms with E-state index in [0.717, 1.165) is 25.8 Å².